The number of aromatic nitrogens is 2. The van der Waals surface area contributed by atoms with Crippen LogP contribution in [0.3, 0.4) is 0 Å². The number of pyridine rings is 2. The molecule has 0 aliphatic carbocycles. The maximum atomic E-state index is 12.4. The number of ether oxygens (including phenoxy) is 1. The van der Waals surface area contributed by atoms with Crippen molar-refractivity contribution in [2.24, 2.45) is 0 Å². The normalized spacial score (nSPS) is 10.8. The summed E-state index contributed by atoms with van der Waals surface area (Å²) < 4.78 is 29.1. The van der Waals surface area contributed by atoms with Crippen molar-refractivity contribution < 1.29 is 18.3 Å². The van der Waals surface area contributed by atoms with E-state index in [1.807, 2.05) is 19.1 Å². The average molecular weight is 329 g/mol. The maximum Gasteiger partial charge on any atom is 0.387 e. The second-order valence-corrected chi connectivity index (χ2v) is 5.04. The van der Waals surface area contributed by atoms with E-state index in [1.54, 1.807) is 18.2 Å². The monoisotopic (exact) mass is 329 g/mol. The third kappa shape index (κ3) is 3.45. The molecule has 2 aromatic heterocycles. The fraction of sp³-hybridized carbons (Fsp3) is 0.118. The number of alkyl halides is 2. The van der Waals surface area contributed by atoms with Gasteiger partial charge in [0.25, 0.3) is 5.91 Å². The number of amides is 1. The van der Waals surface area contributed by atoms with Crippen LogP contribution in [0.25, 0.3) is 10.9 Å². The van der Waals surface area contributed by atoms with Crippen molar-refractivity contribution >= 4 is 22.6 Å². The summed E-state index contributed by atoms with van der Waals surface area (Å²) in [6.45, 7) is -1.12. The van der Waals surface area contributed by atoms with Crippen LogP contribution < -0.4 is 10.1 Å². The number of anilines is 1. The molecule has 0 radical (unpaired) electrons. The number of aryl methyl sites for hydroxylation is 1. The molecular weight excluding hydrogens is 316 g/mol. The second-order valence-electron chi connectivity index (χ2n) is 5.04. The number of fused-ring (bicyclic) bond motifs is 1. The molecule has 3 aromatic rings. The average Bonchev–Trinajstić information content (AvgIpc) is 2.55. The zero-order chi connectivity index (χ0) is 17.1. The van der Waals surface area contributed by atoms with E-state index in [-0.39, 0.29) is 11.6 Å². The van der Waals surface area contributed by atoms with E-state index < -0.39 is 12.5 Å². The third-order valence-electron chi connectivity index (χ3n) is 3.31. The molecule has 3 rings (SSSR count). The molecule has 2 heterocycles. The standard InChI is InChI=1S/C17H13F2N3O2/c1-10-4-5-11-9-12(6-7-13(11)21-10)16(23)22-15-14(24-17(18)19)3-2-8-20-15/h2-9,17H,1H3,(H,20,22,23). The van der Waals surface area contributed by atoms with Gasteiger partial charge in [0.05, 0.1) is 5.52 Å². The van der Waals surface area contributed by atoms with E-state index >= 15 is 0 Å². The first-order valence-corrected chi connectivity index (χ1v) is 7.11. The van der Waals surface area contributed by atoms with Crippen LogP contribution in [0.2, 0.25) is 0 Å². The number of carbonyl (C=O) groups is 1. The minimum absolute atomic E-state index is 0.0649. The molecule has 24 heavy (non-hydrogen) atoms. The molecule has 0 unspecified atom stereocenters. The minimum Gasteiger partial charge on any atom is -0.431 e. The number of rotatable bonds is 4. The number of benzene rings is 1. The molecule has 1 N–H and O–H groups in total. The van der Waals surface area contributed by atoms with Crippen LogP contribution in [-0.2, 0) is 0 Å². The van der Waals surface area contributed by atoms with Gasteiger partial charge < -0.3 is 10.1 Å². The zero-order valence-corrected chi connectivity index (χ0v) is 12.7. The maximum absolute atomic E-state index is 12.4. The van der Waals surface area contributed by atoms with Gasteiger partial charge in [0, 0.05) is 22.8 Å². The molecule has 0 aliphatic rings. The van der Waals surface area contributed by atoms with Crippen molar-refractivity contribution in [1.82, 2.24) is 9.97 Å². The highest BCUT2D eigenvalue weighted by molar-refractivity contribution is 6.06. The minimum atomic E-state index is -3.00. The molecule has 0 aliphatic heterocycles. The topological polar surface area (TPSA) is 64.1 Å². The number of nitrogens with zero attached hydrogens (tertiary/aromatic N) is 2. The Labute approximate surface area is 136 Å². The van der Waals surface area contributed by atoms with E-state index in [4.69, 9.17) is 0 Å². The highest BCUT2D eigenvalue weighted by Crippen LogP contribution is 2.24. The number of hydrogen-bond acceptors (Lipinski definition) is 4. The SMILES string of the molecule is Cc1ccc2cc(C(=O)Nc3ncccc3OC(F)F)ccc2n1. The lowest BCUT2D eigenvalue weighted by molar-refractivity contribution is -0.0495. The van der Waals surface area contributed by atoms with Crippen LogP contribution in [0.4, 0.5) is 14.6 Å². The van der Waals surface area contributed by atoms with Gasteiger partial charge in [0.1, 0.15) is 0 Å². The molecule has 122 valence electrons. The van der Waals surface area contributed by atoms with Crippen molar-refractivity contribution in [2.45, 2.75) is 13.5 Å². The smallest absolute Gasteiger partial charge is 0.387 e. The Hall–Kier alpha value is -3.09. The summed E-state index contributed by atoms with van der Waals surface area (Å²) in [5.74, 6) is -0.737. The molecule has 0 bridgehead atoms. The molecule has 1 amide bonds. The van der Waals surface area contributed by atoms with Gasteiger partial charge in [-0.2, -0.15) is 8.78 Å². The Bertz CT molecular complexity index is 900. The lowest BCUT2D eigenvalue weighted by Crippen LogP contribution is -2.15. The van der Waals surface area contributed by atoms with Crippen LogP contribution in [0.5, 0.6) is 5.75 Å². The van der Waals surface area contributed by atoms with E-state index in [0.29, 0.717) is 5.56 Å². The summed E-state index contributed by atoms with van der Waals surface area (Å²) >= 11 is 0. The van der Waals surface area contributed by atoms with Gasteiger partial charge in [-0.1, -0.05) is 6.07 Å². The quantitative estimate of drug-likeness (QED) is 0.791. The summed E-state index contributed by atoms with van der Waals surface area (Å²) in [5, 5.41) is 3.28. The first kappa shape index (κ1) is 15.8. The van der Waals surface area contributed by atoms with E-state index in [9.17, 15) is 13.6 Å². The molecule has 0 fully saturated rings. The highest BCUT2D eigenvalue weighted by atomic mass is 19.3. The number of hydrogen-bond donors (Lipinski definition) is 1. The summed E-state index contributed by atoms with van der Waals surface area (Å²) in [6.07, 6.45) is 1.38. The number of halogens is 2. The van der Waals surface area contributed by atoms with Gasteiger partial charge >= 0.3 is 6.61 Å². The predicted molar refractivity (Wildman–Crippen MR) is 85.3 cm³/mol. The van der Waals surface area contributed by atoms with E-state index in [0.717, 1.165) is 16.6 Å². The first-order valence-electron chi connectivity index (χ1n) is 7.11. The second kappa shape index (κ2) is 6.57. The third-order valence-corrected chi connectivity index (χ3v) is 3.31. The van der Waals surface area contributed by atoms with Crippen LogP contribution in [0.15, 0.2) is 48.7 Å². The lowest BCUT2D eigenvalue weighted by Gasteiger charge is -2.10. The molecule has 0 spiro atoms. The van der Waals surface area contributed by atoms with Gasteiger partial charge in [-0.3, -0.25) is 9.78 Å². The van der Waals surface area contributed by atoms with Crippen LogP contribution in [0, 0.1) is 6.92 Å². The Morgan fingerprint density at radius 1 is 1.21 bits per heavy atom. The van der Waals surface area contributed by atoms with E-state index in [2.05, 4.69) is 20.0 Å². The van der Waals surface area contributed by atoms with Crippen molar-refractivity contribution in [3.05, 3.63) is 59.9 Å². The van der Waals surface area contributed by atoms with Gasteiger partial charge in [0.2, 0.25) is 0 Å². The predicted octanol–water partition coefficient (Wildman–Crippen LogP) is 3.79. The molecule has 1 aromatic carbocycles. The van der Waals surface area contributed by atoms with Crippen molar-refractivity contribution in [1.29, 1.82) is 0 Å². The number of nitrogens with one attached hydrogen (secondary N) is 1. The number of carbonyl (C=O) groups excluding carboxylic acids is 1. The molecular formula is C17H13F2N3O2. The zero-order valence-electron chi connectivity index (χ0n) is 12.7. The van der Waals surface area contributed by atoms with Crippen LogP contribution in [0.1, 0.15) is 16.1 Å². The molecule has 0 saturated carbocycles. The fourth-order valence-corrected chi connectivity index (χ4v) is 2.22. The van der Waals surface area contributed by atoms with Crippen molar-refractivity contribution in [3.63, 3.8) is 0 Å². The Morgan fingerprint density at radius 2 is 2.04 bits per heavy atom. The van der Waals surface area contributed by atoms with Gasteiger partial charge in [-0.05, 0) is 43.3 Å². The summed E-state index contributed by atoms with van der Waals surface area (Å²) in [5.41, 5.74) is 2.01. The van der Waals surface area contributed by atoms with E-state index in [1.165, 1.54) is 18.3 Å². The highest BCUT2D eigenvalue weighted by Gasteiger charge is 2.14. The molecule has 5 nitrogen and oxygen atoms in total. The van der Waals surface area contributed by atoms with Gasteiger partial charge in [-0.15, -0.1) is 0 Å². The molecule has 0 atom stereocenters. The molecule has 0 saturated heterocycles. The Kier molecular flexibility index (Phi) is 4.33. The Balaban J connectivity index is 1.86. The van der Waals surface area contributed by atoms with Crippen LogP contribution in [-0.4, -0.2) is 22.5 Å². The van der Waals surface area contributed by atoms with Crippen LogP contribution >= 0.6 is 0 Å². The molecule has 7 heteroatoms. The first-order chi connectivity index (χ1) is 11.5. The lowest BCUT2D eigenvalue weighted by atomic mass is 10.1. The van der Waals surface area contributed by atoms with Crippen molar-refractivity contribution in [3.8, 4) is 5.75 Å². The fourth-order valence-electron chi connectivity index (χ4n) is 2.22. The Morgan fingerprint density at radius 3 is 2.83 bits per heavy atom. The summed E-state index contributed by atoms with van der Waals surface area (Å²) in [7, 11) is 0. The van der Waals surface area contributed by atoms with Gasteiger partial charge in [0.15, 0.2) is 11.6 Å². The summed E-state index contributed by atoms with van der Waals surface area (Å²) in [6, 6.07) is 11.5. The van der Waals surface area contributed by atoms with Gasteiger partial charge in [-0.25, -0.2) is 4.98 Å². The summed E-state index contributed by atoms with van der Waals surface area (Å²) in [4.78, 5) is 20.6. The van der Waals surface area contributed by atoms with Crippen molar-refractivity contribution in [2.75, 3.05) is 5.32 Å². The largest absolute Gasteiger partial charge is 0.431 e.